The van der Waals surface area contributed by atoms with Crippen molar-refractivity contribution < 1.29 is 0 Å². The van der Waals surface area contributed by atoms with Crippen molar-refractivity contribution >= 4 is 0 Å². The minimum Gasteiger partial charge on any atom is -0.0654 e. The summed E-state index contributed by atoms with van der Waals surface area (Å²) in [5, 5.41) is 0. The number of hydrogen-bond donors (Lipinski definition) is 0. The number of unbranched alkanes of at least 4 members (excludes halogenated alkanes) is 2. The van der Waals surface area contributed by atoms with E-state index >= 15 is 0 Å². The van der Waals surface area contributed by atoms with Crippen LogP contribution in [0.5, 0.6) is 0 Å². The van der Waals surface area contributed by atoms with Gasteiger partial charge in [0.2, 0.25) is 0 Å². The molecule has 0 heteroatoms. The van der Waals surface area contributed by atoms with E-state index in [1.165, 1.54) is 38.5 Å². The molecule has 2 rings (SSSR count). The van der Waals surface area contributed by atoms with Gasteiger partial charge < -0.3 is 0 Å². The Morgan fingerprint density at radius 1 is 1.21 bits per heavy atom. The van der Waals surface area contributed by atoms with Crippen molar-refractivity contribution in [2.75, 3.05) is 0 Å². The molecule has 2 fully saturated rings. The molecule has 0 N–H and O–H groups in total. The molecule has 0 aliphatic heterocycles. The quantitative estimate of drug-likeness (QED) is 0.572. The summed E-state index contributed by atoms with van der Waals surface area (Å²) in [6, 6.07) is 0. The highest BCUT2D eigenvalue weighted by molar-refractivity contribution is 5.22. The fraction of sp³-hybridized carbons (Fsp3) is 1.00. The first-order valence-electron chi connectivity index (χ1n) is 6.59. The van der Waals surface area contributed by atoms with Gasteiger partial charge in [0.15, 0.2) is 0 Å². The fourth-order valence-corrected chi connectivity index (χ4v) is 4.47. The van der Waals surface area contributed by atoms with Crippen LogP contribution in [-0.4, -0.2) is 0 Å². The molecule has 0 radical (unpaired) electrons. The van der Waals surface area contributed by atoms with Crippen LogP contribution >= 0.6 is 0 Å². The Morgan fingerprint density at radius 3 is 2.29 bits per heavy atom. The molecule has 2 saturated carbocycles. The van der Waals surface area contributed by atoms with Gasteiger partial charge in [0.1, 0.15) is 0 Å². The molecule has 4 unspecified atom stereocenters. The summed E-state index contributed by atoms with van der Waals surface area (Å²) in [5.41, 5.74) is 1.51. The third-order valence-electron chi connectivity index (χ3n) is 5.88. The Balaban J connectivity index is 1.92. The summed E-state index contributed by atoms with van der Waals surface area (Å²) in [5.74, 6) is 2.03. The average Bonchev–Trinajstić information content (AvgIpc) is 2.65. The Labute approximate surface area is 89.5 Å². The molecule has 0 nitrogen and oxygen atoms in total. The molecule has 0 bridgehead atoms. The van der Waals surface area contributed by atoms with E-state index in [4.69, 9.17) is 0 Å². The average molecular weight is 194 g/mol. The molecule has 2 aliphatic rings. The molecular weight excluding hydrogens is 168 g/mol. The van der Waals surface area contributed by atoms with Crippen LogP contribution in [0.1, 0.15) is 66.2 Å². The van der Waals surface area contributed by atoms with Gasteiger partial charge in [-0.25, -0.2) is 0 Å². The Bertz CT molecular complexity index is 220. The second kappa shape index (κ2) is 3.25. The zero-order valence-electron chi connectivity index (χ0n) is 10.4. The number of hydrogen-bond acceptors (Lipinski definition) is 0. The highest BCUT2D eigenvalue weighted by Crippen LogP contribution is 2.81. The zero-order chi connectivity index (χ0) is 10.4. The van der Waals surface area contributed by atoms with E-state index in [-0.39, 0.29) is 0 Å². The first-order valence-corrected chi connectivity index (χ1v) is 6.59. The van der Waals surface area contributed by atoms with Gasteiger partial charge in [0.05, 0.1) is 0 Å². The van der Waals surface area contributed by atoms with Crippen LogP contribution in [0.2, 0.25) is 0 Å². The summed E-state index contributed by atoms with van der Waals surface area (Å²) in [6.07, 6.45) is 8.78. The molecule has 0 saturated heterocycles. The first-order chi connectivity index (χ1) is 6.59. The minimum absolute atomic E-state index is 0.722. The van der Waals surface area contributed by atoms with Gasteiger partial charge in [-0.2, -0.15) is 0 Å². The van der Waals surface area contributed by atoms with E-state index in [0.29, 0.717) is 0 Å². The van der Waals surface area contributed by atoms with Crippen molar-refractivity contribution in [3.05, 3.63) is 0 Å². The van der Waals surface area contributed by atoms with Crippen molar-refractivity contribution in [2.24, 2.45) is 22.7 Å². The van der Waals surface area contributed by atoms with E-state index < -0.39 is 0 Å². The molecule has 0 amide bonds. The van der Waals surface area contributed by atoms with Crippen molar-refractivity contribution in [3.8, 4) is 0 Å². The van der Waals surface area contributed by atoms with Gasteiger partial charge >= 0.3 is 0 Å². The van der Waals surface area contributed by atoms with Gasteiger partial charge in [-0.1, -0.05) is 47.0 Å². The molecule has 1 spiro atoms. The topological polar surface area (TPSA) is 0 Å². The largest absolute Gasteiger partial charge is 0.0654 e. The van der Waals surface area contributed by atoms with E-state index in [2.05, 4.69) is 27.7 Å². The highest BCUT2D eigenvalue weighted by Gasteiger charge is 2.74. The van der Waals surface area contributed by atoms with Crippen LogP contribution in [0.25, 0.3) is 0 Å². The maximum Gasteiger partial charge on any atom is -0.0184 e. The SMILES string of the molecule is CCCCCC1(C)C(C)C12CCC2C. The maximum atomic E-state index is 2.56. The molecule has 0 aromatic rings. The summed E-state index contributed by atoms with van der Waals surface area (Å²) >= 11 is 0. The highest BCUT2D eigenvalue weighted by atomic mass is 14.8. The van der Waals surface area contributed by atoms with Crippen LogP contribution in [0.3, 0.4) is 0 Å². The molecule has 0 aromatic heterocycles. The fourth-order valence-electron chi connectivity index (χ4n) is 4.47. The molecule has 4 atom stereocenters. The zero-order valence-corrected chi connectivity index (χ0v) is 10.4. The maximum absolute atomic E-state index is 2.56. The van der Waals surface area contributed by atoms with Crippen molar-refractivity contribution in [3.63, 3.8) is 0 Å². The van der Waals surface area contributed by atoms with E-state index in [1.54, 1.807) is 0 Å². The monoisotopic (exact) mass is 194 g/mol. The Hall–Kier alpha value is 0. The second-order valence-electron chi connectivity index (χ2n) is 6.08. The van der Waals surface area contributed by atoms with Crippen LogP contribution < -0.4 is 0 Å². The van der Waals surface area contributed by atoms with Crippen LogP contribution in [0.4, 0.5) is 0 Å². The lowest BCUT2D eigenvalue weighted by atomic mass is 9.66. The lowest BCUT2D eigenvalue weighted by Gasteiger charge is -2.39. The standard InChI is InChI=1S/C14H26/c1-5-6-7-9-13(4)12(3)14(13)10-8-11(14)2/h11-12H,5-10H2,1-4H3. The van der Waals surface area contributed by atoms with Crippen molar-refractivity contribution in [1.82, 2.24) is 0 Å². The van der Waals surface area contributed by atoms with Crippen molar-refractivity contribution in [1.29, 1.82) is 0 Å². The van der Waals surface area contributed by atoms with Crippen LogP contribution in [0, 0.1) is 22.7 Å². The third kappa shape index (κ3) is 1.06. The van der Waals surface area contributed by atoms with Crippen LogP contribution in [0.15, 0.2) is 0 Å². The first kappa shape index (κ1) is 10.5. The molecule has 0 heterocycles. The Morgan fingerprint density at radius 2 is 1.93 bits per heavy atom. The summed E-state index contributed by atoms with van der Waals surface area (Å²) in [6.45, 7) is 9.84. The lowest BCUT2D eigenvalue weighted by molar-refractivity contribution is 0.104. The minimum atomic E-state index is 0.722. The van der Waals surface area contributed by atoms with Crippen molar-refractivity contribution in [2.45, 2.75) is 66.2 Å². The molecule has 0 aromatic carbocycles. The number of rotatable bonds is 4. The van der Waals surface area contributed by atoms with Gasteiger partial charge in [-0.05, 0) is 41.9 Å². The lowest BCUT2D eigenvalue weighted by Crippen LogP contribution is -2.30. The summed E-state index contributed by atoms with van der Waals surface area (Å²) < 4.78 is 0. The molecule has 14 heavy (non-hydrogen) atoms. The smallest absolute Gasteiger partial charge is 0.0184 e. The Kier molecular flexibility index (Phi) is 2.44. The predicted molar refractivity (Wildman–Crippen MR) is 62.2 cm³/mol. The van der Waals surface area contributed by atoms with E-state index in [1.807, 2.05) is 0 Å². The summed E-state index contributed by atoms with van der Waals surface area (Å²) in [4.78, 5) is 0. The molecule has 2 aliphatic carbocycles. The predicted octanol–water partition coefficient (Wildman–Crippen LogP) is 4.64. The van der Waals surface area contributed by atoms with Gasteiger partial charge in [-0.15, -0.1) is 0 Å². The van der Waals surface area contributed by atoms with E-state index in [9.17, 15) is 0 Å². The van der Waals surface area contributed by atoms with Gasteiger partial charge in [0.25, 0.3) is 0 Å². The second-order valence-corrected chi connectivity index (χ2v) is 6.08. The van der Waals surface area contributed by atoms with Gasteiger partial charge in [0, 0.05) is 0 Å². The summed E-state index contributed by atoms with van der Waals surface area (Å²) in [7, 11) is 0. The normalized spacial score (nSPS) is 50.6. The van der Waals surface area contributed by atoms with Crippen LogP contribution in [-0.2, 0) is 0 Å². The van der Waals surface area contributed by atoms with Gasteiger partial charge in [-0.3, -0.25) is 0 Å². The third-order valence-corrected chi connectivity index (χ3v) is 5.88. The molecular formula is C14H26. The molecule has 82 valence electrons. The van der Waals surface area contributed by atoms with E-state index in [0.717, 1.165) is 22.7 Å².